The summed E-state index contributed by atoms with van der Waals surface area (Å²) < 4.78 is 28.8. The number of methoxy groups -OCH3 is 2. The second-order valence-corrected chi connectivity index (χ2v) is 3.83. The monoisotopic (exact) mass is 263 g/mol. The molecule has 5 heteroatoms. The molecule has 0 saturated heterocycles. The third-order valence-electron chi connectivity index (χ3n) is 2.52. The zero-order chi connectivity index (χ0) is 13.8. The number of hydrogen-bond acceptors (Lipinski definition) is 4. The minimum Gasteiger partial charge on any atom is -0.496 e. The number of halogens is 1. The van der Waals surface area contributed by atoms with E-state index in [0.717, 1.165) is 0 Å². The van der Waals surface area contributed by atoms with Crippen molar-refractivity contribution < 1.29 is 18.6 Å². The lowest BCUT2D eigenvalue weighted by Gasteiger charge is -2.11. The first-order valence-electron chi connectivity index (χ1n) is 5.58. The van der Waals surface area contributed by atoms with Gasteiger partial charge >= 0.3 is 0 Å². The van der Waals surface area contributed by atoms with E-state index < -0.39 is 5.82 Å². The maximum atomic E-state index is 12.9. The number of anilines is 1. The summed E-state index contributed by atoms with van der Waals surface area (Å²) in [5.41, 5.74) is 5.91. The summed E-state index contributed by atoms with van der Waals surface area (Å²) in [6.07, 6.45) is 0. The van der Waals surface area contributed by atoms with Crippen molar-refractivity contribution >= 4 is 5.69 Å². The fourth-order valence-electron chi connectivity index (χ4n) is 1.58. The van der Waals surface area contributed by atoms with Gasteiger partial charge in [-0.1, -0.05) is 0 Å². The molecule has 0 radical (unpaired) electrons. The Morgan fingerprint density at radius 2 is 1.47 bits per heavy atom. The van der Waals surface area contributed by atoms with Crippen molar-refractivity contribution in [3.05, 3.63) is 42.2 Å². The minimum atomic E-state index is -0.409. The van der Waals surface area contributed by atoms with Crippen molar-refractivity contribution in [1.29, 1.82) is 0 Å². The molecule has 0 bridgehead atoms. The van der Waals surface area contributed by atoms with E-state index in [-0.39, 0.29) is 5.69 Å². The van der Waals surface area contributed by atoms with Gasteiger partial charge in [-0.25, -0.2) is 4.39 Å². The minimum absolute atomic E-state index is 0.224. The molecule has 0 aliphatic heterocycles. The van der Waals surface area contributed by atoms with E-state index in [0.29, 0.717) is 23.0 Å². The summed E-state index contributed by atoms with van der Waals surface area (Å²) in [4.78, 5) is 0. The first-order valence-corrected chi connectivity index (χ1v) is 5.58. The van der Waals surface area contributed by atoms with Gasteiger partial charge in [-0.3, -0.25) is 0 Å². The van der Waals surface area contributed by atoms with Gasteiger partial charge in [0.15, 0.2) is 5.75 Å². The predicted molar refractivity (Wildman–Crippen MR) is 70.4 cm³/mol. The van der Waals surface area contributed by atoms with Crippen LogP contribution in [0.2, 0.25) is 0 Å². The first kappa shape index (κ1) is 13.0. The van der Waals surface area contributed by atoms with Gasteiger partial charge < -0.3 is 19.9 Å². The number of hydrogen-bond donors (Lipinski definition) is 1. The molecule has 2 aromatic rings. The number of nitrogens with two attached hydrogens (primary N) is 1. The van der Waals surface area contributed by atoms with E-state index in [1.807, 2.05) is 0 Å². The largest absolute Gasteiger partial charge is 0.496 e. The molecule has 0 atom stereocenters. The smallest absolute Gasteiger partial charge is 0.150 e. The van der Waals surface area contributed by atoms with Crippen molar-refractivity contribution in [3.63, 3.8) is 0 Å². The van der Waals surface area contributed by atoms with Crippen molar-refractivity contribution in [2.24, 2.45) is 0 Å². The SMILES string of the molecule is COc1cc(OC)cc(Oc2ccc(F)cc2N)c1. The molecule has 0 aliphatic carbocycles. The standard InChI is InChI=1S/C14H14FNO3/c1-17-10-6-11(18-2)8-12(7-10)19-14-4-3-9(15)5-13(14)16/h3-8H,16H2,1-2H3. The van der Waals surface area contributed by atoms with Gasteiger partial charge in [-0.2, -0.15) is 0 Å². The second-order valence-electron chi connectivity index (χ2n) is 3.83. The molecule has 0 spiro atoms. The number of benzene rings is 2. The normalized spacial score (nSPS) is 10.1. The summed E-state index contributed by atoms with van der Waals surface area (Å²) in [5, 5.41) is 0. The van der Waals surface area contributed by atoms with Gasteiger partial charge in [-0.05, 0) is 12.1 Å². The van der Waals surface area contributed by atoms with Crippen LogP contribution >= 0.6 is 0 Å². The Hall–Kier alpha value is -2.43. The molecule has 2 rings (SSSR count). The van der Waals surface area contributed by atoms with E-state index in [1.54, 1.807) is 32.4 Å². The van der Waals surface area contributed by atoms with Crippen molar-refractivity contribution in [2.45, 2.75) is 0 Å². The third kappa shape index (κ3) is 3.07. The molecule has 100 valence electrons. The van der Waals surface area contributed by atoms with Gasteiger partial charge in [0, 0.05) is 24.3 Å². The van der Waals surface area contributed by atoms with Gasteiger partial charge in [0.05, 0.1) is 19.9 Å². The highest BCUT2D eigenvalue weighted by Crippen LogP contribution is 2.33. The Labute approximate surface area is 110 Å². The van der Waals surface area contributed by atoms with Gasteiger partial charge in [0.1, 0.15) is 23.1 Å². The van der Waals surface area contributed by atoms with Crippen LogP contribution in [0.1, 0.15) is 0 Å². The summed E-state index contributed by atoms with van der Waals surface area (Å²) in [6, 6.07) is 9.05. The molecular weight excluding hydrogens is 249 g/mol. The first-order chi connectivity index (χ1) is 9.12. The zero-order valence-corrected chi connectivity index (χ0v) is 10.6. The summed E-state index contributed by atoms with van der Waals surface area (Å²) in [7, 11) is 3.09. The Morgan fingerprint density at radius 1 is 0.895 bits per heavy atom. The summed E-state index contributed by atoms with van der Waals surface area (Å²) in [6.45, 7) is 0. The Balaban J connectivity index is 2.31. The van der Waals surface area contributed by atoms with E-state index in [9.17, 15) is 4.39 Å². The molecule has 19 heavy (non-hydrogen) atoms. The Kier molecular flexibility index (Phi) is 3.75. The van der Waals surface area contributed by atoms with Crippen LogP contribution in [-0.4, -0.2) is 14.2 Å². The lowest BCUT2D eigenvalue weighted by molar-refractivity contribution is 0.386. The molecule has 2 aromatic carbocycles. The molecule has 0 heterocycles. The summed E-state index contributed by atoms with van der Waals surface area (Å²) >= 11 is 0. The maximum Gasteiger partial charge on any atom is 0.150 e. The van der Waals surface area contributed by atoms with Crippen LogP contribution in [-0.2, 0) is 0 Å². The van der Waals surface area contributed by atoms with Crippen LogP contribution in [0.3, 0.4) is 0 Å². The summed E-state index contributed by atoms with van der Waals surface area (Å²) in [5.74, 6) is 1.64. The van der Waals surface area contributed by atoms with E-state index >= 15 is 0 Å². The van der Waals surface area contributed by atoms with Crippen LogP contribution in [0.5, 0.6) is 23.0 Å². The van der Waals surface area contributed by atoms with Crippen LogP contribution in [0.25, 0.3) is 0 Å². The third-order valence-corrected chi connectivity index (χ3v) is 2.52. The molecule has 0 amide bonds. The molecule has 0 saturated carbocycles. The fraction of sp³-hybridized carbons (Fsp3) is 0.143. The van der Waals surface area contributed by atoms with Gasteiger partial charge in [0.2, 0.25) is 0 Å². The number of nitrogen functional groups attached to an aromatic ring is 1. The predicted octanol–water partition coefficient (Wildman–Crippen LogP) is 3.22. The molecule has 0 aliphatic rings. The average molecular weight is 263 g/mol. The van der Waals surface area contributed by atoms with Crippen molar-refractivity contribution in [1.82, 2.24) is 0 Å². The maximum absolute atomic E-state index is 12.9. The lowest BCUT2D eigenvalue weighted by atomic mass is 10.2. The molecular formula is C14H14FNO3. The van der Waals surface area contributed by atoms with Crippen LogP contribution in [0.15, 0.2) is 36.4 Å². The van der Waals surface area contributed by atoms with Gasteiger partial charge in [-0.15, -0.1) is 0 Å². The topological polar surface area (TPSA) is 53.7 Å². The molecule has 0 fully saturated rings. The molecule has 0 aromatic heterocycles. The van der Waals surface area contributed by atoms with E-state index in [4.69, 9.17) is 19.9 Å². The highest BCUT2D eigenvalue weighted by molar-refractivity contribution is 5.55. The number of ether oxygens (including phenoxy) is 3. The lowest BCUT2D eigenvalue weighted by Crippen LogP contribution is -1.94. The van der Waals surface area contributed by atoms with E-state index in [1.165, 1.54) is 18.2 Å². The van der Waals surface area contributed by atoms with Crippen molar-refractivity contribution in [3.8, 4) is 23.0 Å². The quantitative estimate of drug-likeness (QED) is 0.860. The van der Waals surface area contributed by atoms with Gasteiger partial charge in [0.25, 0.3) is 0 Å². The Bertz CT molecular complexity index is 565. The molecule has 0 unspecified atom stereocenters. The second kappa shape index (κ2) is 5.48. The van der Waals surface area contributed by atoms with Crippen LogP contribution < -0.4 is 19.9 Å². The Morgan fingerprint density at radius 3 is 2.00 bits per heavy atom. The fourth-order valence-corrected chi connectivity index (χ4v) is 1.58. The molecule has 4 nitrogen and oxygen atoms in total. The molecule has 2 N–H and O–H groups in total. The number of rotatable bonds is 4. The average Bonchev–Trinajstić information content (AvgIpc) is 2.41. The van der Waals surface area contributed by atoms with Crippen molar-refractivity contribution in [2.75, 3.05) is 20.0 Å². The highest BCUT2D eigenvalue weighted by Gasteiger charge is 2.07. The zero-order valence-electron chi connectivity index (χ0n) is 10.6. The van der Waals surface area contributed by atoms with E-state index in [2.05, 4.69) is 0 Å². The van der Waals surface area contributed by atoms with Crippen LogP contribution in [0.4, 0.5) is 10.1 Å². The highest BCUT2D eigenvalue weighted by atomic mass is 19.1. The van der Waals surface area contributed by atoms with Crippen LogP contribution in [0, 0.1) is 5.82 Å².